The van der Waals surface area contributed by atoms with E-state index in [4.69, 9.17) is 0 Å². The van der Waals surface area contributed by atoms with Gasteiger partial charge in [0.2, 0.25) is 0 Å². The molecule has 0 bridgehead atoms. The molecule has 0 spiro atoms. The number of hydrogen-bond acceptors (Lipinski definition) is 3. The number of aryl methyl sites for hydroxylation is 2. The van der Waals surface area contributed by atoms with Crippen LogP contribution in [0.5, 0.6) is 0 Å². The van der Waals surface area contributed by atoms with Gasteiger partial charge < -0.3 is 9.88 Å². The fourth-order valence-electron chi connectivity index (χ4n) is 3.63. The third-order valence-corrected chi connectivity index (χ3v) is 5.17. The van der Waals surface area contributed by atoms with Crippen LogP contribution >= 0.6 is 0 Å². The molecule has 1 radical (unpaired) electrons. The van der Waals surface area contributed by atoms with Crippen LogP contribution in [0.3, 0.4) is 0 Å². The molecule has 3 aromatic rings. The van der Waals surface area contributed by atoms with Gasteiger partial charge in [-0.3, -0.25) is 0 Å². The zero-order chi connectivity index (χ0) is 17.8. The number of rotatable bonds is 5. The summed E-state index contributed by atoms with van der Waals surface area (Å²) in [4.78, 5) is 5.36. The second-order valence-electron chi connectivity index (χ2n) is 6.82. The van der Waals surface area contributed by atoms with E-state index in [1.807, 2.05) is 30.3 Å². The molecule has 2 heterocycles. The number of aromatic amines is 1. The number of nitrogens with zero attached hydrogens (tertiary/aromatic N) is 3. The van der Waals surface area contributed by atoms with Gasteiger partial charge in [0.05, 0.1) is 0 Å². The van der Waals surface area contributed by atoms with Gasteiger partial charge in [0.1, 0.15) is 18.0 Å². The minimum absolute atomic E-state index is 0.111. The lowest BCUT2D eigenvalue weighted by atomic mass is 9.95. The molecule has 5 heteroatoms. The topological polar surface area (TPSA) is 44.8 Å². The van der Waals surface area contributed by atoms with Crippen molar-refractivity contribution in [2.24, 2.45) is 0 Å². The van der Waals surface area contributed by atoms with E-state index in [0.717, 1.165) is 49.4 Å². The third-order valence-electron chi connectivity index (χ3n) is 5.17. The molecule has 0 amide bonds. The SMILES string of the molecule is Fc1cc(N2CCC(c3nnc[nH]3)CC2)ccc1CCc1c[c]ccc1. The fourth-order valence-corrected chi connectivity index (χ4v) is 3.63. The molecule has 0 aliphatic carbocycles. The summed E-state index contributed by atoms with van der Waals surface area (Å²) in [5.74, 6) is 1.27. The number of piperidine rings is 1. The van der Waals surface area contributed by atoms with Crippen molar-refractivity contribution in [2.45, 2.75) is 31.6 Å². The first-order valence-electron chi connectivity index (χ1n) is 9.14. The molecule has 0 saturated carbocycles. The molecule has 4 rings (SSSR count). The molecule has 4 nitrogen and oxygen atoms in total. The van der Waals surface area contributed by atoms with E-state index in [0.29, 0.717) is 12.3 Å². The van der Waals surface area contributed by atoms with Crippen LogP contribution in [0.25, 0.3) is 0 Å². The van der Waals surface area contributed by atoms with Crippen LogP contribution < -0.4 is 4.90 Å². The van der Waals surface area contributed by atoms with E-state index in [1.165, 1.54) is 5.56 Å². The van der Waals surface area contributed by atoms with Crippen molar-refractivity contribution in [3.05, 3.63) is 77.6 Å². The number of H-pyrrole nitrogens is 1. The van der Waals surface area contributed by atoms with Crippen LogP contribution in [-0.2, 0) is 12.8 Å². The van der Waals surface area contributed by atoms with Gasteiger partial charge in [-0.2, -0.15) is 0 Å². The standard InChI is InChI=1S/C21H22FN4/c22-20-14-19(9-8-17(20)7-6-16-4-2-1-3-5-16)26-12-10-18(11-13-26)21-23-15-24-25-21/h1-2,4-5,8-9,14-15,18H,6-7,10-13H2,(H,23,24,25). The summed E-state index contributed by atoms with van der Waals surface area (Å²) in [5, 5.41) is 7.99. The Labute approximate surface area is 153 Å². The zero-order valence-electron chi connectivity index (χ0n) is 14.7. The van der Waals surface area contributed by atoms with Crippen molar-refractivity contribution in [1.29, 1.82) is 0 Å². The van der Waals surface area contributed by atoms with E-state index in [1.54, 1.807) is 12.4 Å². The summed E-state index contributed by atoms with van der Waals surface area (Å²) in [6.07, 6.45) is 5.17. The fraction of sp³-hybridized carbons (Fsp3) is 0.333. The molecule has 26 heavy (non-hydrogen) atoms. The Hall–Kier alpha value is -2.69. The van der Waals surface area contributed by atoms with E-state index in [-0.39, 0.29) is 5.82 Å². The van der Waals surface area contributed by atoms with Crippen molar-refractivity contribution in [2.75, 3.05) is 18.0 Å². The molecule has 0 atom stereocenters. The summed E-state index contributed by atoms with van der Waals surface area (Å²) in [6, 6.07) is 16.6. The Balaban J connectivity index is 1.37. The molecule has 1 aliphatic heterocycles. The Kier molecular flexibility index (Phi) is 4.95. The number of halogens is 1. The largest absolute Gasteiger partial charge is 0.371 e. The van der Waals surface area contributed by atoms with Gasteiger partial charge in [-0.1, -0.05) is 30.3 Å². The predicted octanol–water partition coefficient (Wildman–Crippen LogP) is 3.91. The van der Waals surface area contributed by atoms with Crippen LogP contribution in [0, 0.1) is 11.9 Å². The molecule has 0 unspecified atom stereocenters. The maximum atomic E-state index is 14.6. The number of nitrogens with one attached hydrogen (secondary N) is 1. The average molecular weight is 349 g/mol. The summed E-state index contributed by atoms with van der Waals surface area (Å²) < 4.78 is 14.6. The van der Waals surface area contributed by atoms with Crippen LogP contribution in [0.15, 0.2) is 48.8 Å². The molecule has 1 fully saturated rings. The molecule has 1 aromatic heterocycles. The lowest BCUT2D eigenvalue weighted by Gasteiger charge is -2.32. The van der Waals surface area contributed by atoms with Gasteiger partial charge in [0.25, 0.3) is 0 Å². The van der Waals surface area contributed by atoms with Crippen molar-refractivity contribution in [3.8, 4) is 0 Å². The van der Waals surface area contributed by atoms with Crippen molar-refractivity contribution < 1.29 is 4.39 Å². The Morgan fingerprint density at radius 2 is 2.08 bits per heavy atom. The van der Waals surface area contributed by atoms with Crippen molar-refractivity contribution in [1.82, 2.24) is 15.2 Å². The predicted molar refractivity (Wildman–Crippen MR) is 99.7 cm³/mol. The van der Waals surface area contributed by atoms with Gasteiger partial charge in [-0.15, -0.1) is 10.2 Å². The zero-order valence-corrected chi connectivity index (χ0v) is 14.7. The highest BCUT2D eigenvalue weighted by Crippen LogP contribution is 2.29. The summed E-state index contributed by atoms with van der Waals surface area (Å²) in [7, 11) is 0. The number of hydrogen-bond donors (Lipinski definition) is 1. The first-order valence-corrected chi connectivity index (χ1v) is 9.14. The lowest BCUT2D eigenvalue weighted by molar-refractivity contribution is 0.486. The van der Waals surface area contributed by atoms with Crippen LogP contribution in [0.1, 0.15) is 35.7 Å². The second-order valence-corrected chi connectivity index (χ2v) is 6.82. The Morgan fingerprint density at radius 3 is 2.77 bits per heavy atom. The van der Waals surface area contributed by atoms with Crippen LogP contribution in [-0.4, -0.2) is 28.3 Å². The smallest absolute Gasteiger partial charge is 0.133 e. The Morgan fingerprint density at radius 1 is 1.19 bits per heavy atom. The van der Waals surface area contributed by atoms with Crippen molar-refractivity contribution in [3.63, 3.8) is 0 Å². The highest BCUT2D eigenvalue weighted by molar-refractivity contribution is 5.49. The first kappa shape index (κ1) is 16.8. The summed E-state index contributed by atoms with van der Waals surface area (Å²) in [6.45, 7) is 1.81. The minimum atomic E-state index is -0.111. The highest BCUT2D eigenvalue weighted by Gasteiger charge is 2.23. The number of benzene rings is 2. The van der Waals surface area contributed by atoms with E-state index in [2.05, 4.69) is 32.2 Å². The van der Waals surface area contributed by atoms with Crippen LogP contribution in [0.2, 0.25) is 0 Å². The quantitative estimate of drug-likeness (QED) is 0.759. The lowest BCUT2D eigenvalue weighted by Crippen LogP contribution is -2.33. The van der Waals surface area contributed by atoms with E-state index < -0.39 is 0 Å². The van der Waals surface area contributed by atoms with Gasteiger partial charge in [-0.25, -0.2) is 4.39 Å². The molecule has 1 saturated heterocycles. The number of anilines is 1. The van der Waals surface area contributed by atoms with E-state index >= 15 is 0 Å². The second kappa shape index (κ2) is 7.68. The third kappa shape index (κ3) is 3.77. The van der Waals surface area contributed by atoms with E-state index in [9.17, 15) is 4.39 Å². The Bertz CT molecular complexity index is 824. The van der Waals surface area contributed by atoms with Gasteiger partial charge in [0.15, 0.2) is 0 Å². The highest BCUT2D eigenvalue weighted by atomic mass is 19.1. The molecule has 133 valence electrons. The van der Waals surface area contributed by atoms with Gasteiger partial charge in [-0.05, 0) is 55.0 Å². The normalized spacial score (nSPS) is 15.3. The van der Waals surface area contributed by atoms with Gasteiger partial charge >= 0.3 is 0 Å². The molecular weight excluding hydrogens is 327 g/mol. The average Bonchev–Trinajstić information content (AvgIpc) is 3.23. The first-order chi connectivity index (χ1) is 12.8. The molecule has 1 N–H and O–H groups in total. The minimum Gasteiger partial charge on any atom is -0.371 e. The molecule has 2 aromatic carbocycles. The number of aromatic nitrogens is 3. The summed E-state index contributed by atoms with van der Waals surface area (Å²) in [5.41, 5.74) is 2.93. The monoisotopic (exact) mass is 349 g/mol. The maximum absolute atomic E-state index is 14.6. The molecule has 1 aliphatic rings. The summed E-state index contributed by atoms with van der Waals surface area (Å²) >= 11 is 0. The van der Waals surface area contributed by atoms with Crippen LogP contribution in [0.4, 0.5) is 10.1 Å². The van der Waals surface area contributed by atoms with Gasteiger partial charge in [0, 0.05) is 24.7 Å². The van der Waals surface area contributed by atoms with Crippen molar-refractivity contribution >= 4 is 5.69 Å². The maximum Gasteiger partial charge on any atom is 0.133 e. The molecular formula is C21H22FN4.